The zero-order valence-corrected chi connectivity index (χ0v) is 9.31. The normalized spacial score (nSPS) is 10.7. The molecule has 1 aromatic rings. The average molecular weight is 335 g/mol. The highest BCUT2D eigenvalue weighted by Crippen LogP contribution is 2.29. The van der Waals surface area contributed by atoms with Crippen molar-refractivity contribution in [2.24, 2.45) is 0 Å². The topological polar surface area (TPSA) is 30.0 Å². The molecule has 0 aliphatic rings. The minimum absolute atomic E-state index is 0.136. The summed E-state index contributed by atoms with van der Waals surface area (Å²) in [6.45, 7) is 0. The fourth-order valence-corrected chi connectivity index (χ4v) is 1.71. The molecular weight excluding hydrogens is 333 g/mol. The SMILES string of the molecule is O=C(Cl)c1c(F)cnc(I)c1C(F)F. The molecule has 0 saturated carbocycles. The van der Waals surface area contributed by atoms with Gasteiger partial charge in [-0.3, -0.25) is 4.79 Å². The maximum absolute atomic E-state index is 12.9. The standard InChI is InChI=1S/C7H2ClF3INO/c8-5(14)3-2(9)1-13-7(12)4(3)6(10)11/h1,6H. The van der Waals surface area contributed by atoms with Gasteiger partial charge in [-0.05, 0) is 34.2 Å². The molecular formula is C7H2ClF3INO. The van der Waals surface area contributed by atoms with E-state index in [-0.39, 0.29) is 3.70 Å². The number of halogens is 5. The van der Waals surface area contributed by atoms with E-state index in [0.717, 1.165) is 0 Å². The summed E-state index contributed by atoms with van der Waals surface area (Å²) in [6.07, 6.45) is -2.30. The van der Waals surface area contributed by atoms with Crippen LogP contribution in [0.1, 0.15) is 22.3 Å². The molecule has 76 valence electrons. The summed E-state index contributed by atoms with van der Waals surface area (Å²) in [5.41, 5.74) is -1.56. The van der Waals surface area contributed by atoms with Crippen LogP contribution in [0.25, 0.3) is 0 Å². The first kappa shape index (κ1) is 11.7. The summed E-state index contributed by atoms with van der Waals surface area (Å²) in [6, 6.07) is 0. The highest BCUT2D eigenvalue weighted by Gasteiger charge is 2.25. The maximum atomic E-state index is 12.9. The minimum Gasteiger partial charge on any atom is -0.275 e. The molecule has 1 heterocycles. The van der Waals surface area contributed by atoms with Crippen LogP contribution in [0.2, 0.25) is 0 Å². The number of rotatable bonds is 2. The Morgan fingerprint density at radius 1 is 1.57 bits per heavy atom. The van der Waals surface area contributed by atoms with Gasteiger partial charge in [0.25, 0.3) is 11.7 Å². The summed E-state index contributed by atoms with van der Waals surface area (Å²) in [4.78, 5) is 14.1. The van der Waals surface area contributed by atoms with Crippen molar-refractivity contribution in [1.29, 1.82) is 0 Å². The van der Waals surface area contributed by atoms with Crippen LogP contribution in [-0.2, 0) is 0 Å². The summed E-state index contributed by atoms with van der Waals surface area (Å²) in [5, 5.41) is -1.25. The van der Waals surface area contributed by atoms with Crippen molar-refractivity contribution < 1.29 is 18.0 Å². The van der Waals surface area contributed by atoms with E-state index in [9.17, 15) is 18.0 Å². The first-order chi connectivity index (χ1) is 6.45. The van der Waals surface area contributed by atoms with Crippen LogP contribution < -0.4 is 0 Å². The number of nitrogens with zero attached hydrogens (tertiary/aromatic N) is 1. The zero-order valence-electron chi connectivity index (χ0n) is 6.40. The first-order valence-electron chi connectivity index (χ1n) is 3.27. The molecule has 0 saturated heterocycles. The molecule has 0 fully saturated rings. The van der Waals surface area contributed by atoms with Gasteiger partial charge in [0.15, 0.2) is 5.82 Å². The van der Waals surface area contributed by atoms with Crippen LogP contribution in [0.4, 0.5) is 13.2 Å². The van der Waals surface area contributed by atoms with Gasteiger partial charge in [-0.2, -0.15) is 0 Å². The first-order valence-corrected chi connectivity index (χ1v) is 4.72. The number of hydrogen-bond donors (Lipinski definition) is 0. The quantitative estimate of drug-likeness (QED) is 0.472. The Labute approximate surface area is 95.6 Å². The van der Waals surface area contributed by atoms with E-state index in [1.807, 2.05) is 0 Å². The fourth-order valence-electron chi connectivity index (χ4n) is 0.878. The Hall–Kier alpha value is -0.370. The molecule has 0 unspecified atom stereocenters. The van der Waals surface area contributed by atoms with E-state index in [1.165, 1.54) is 22.6 Å². The van der Waals surface area contributed by atoms with Crippen molar-refractivity contribution in [3.8, 4) is 0 Å². The second-order valence-corrected chi connectivity index (χ2v) is 3.63. The molecule has 2 nitrogen and oxygen atoms in total. The molecule has 14 heavy (non-hydrogen) atoms. The Bertz CT molecular complexity index is 385. The van der Waals surface area contributed by atoms with E-state index in [4.69, 9.17) is 11.6 Å². The van der Waals surface area contributed by atoms with Crippen molar-refractivity contribution >= 4 is 39.4 Å². The number of carbonyl (C=O) groups is 1. The molecule has 1 rings (SSSR count). The third-order valence-electron chi connectivity index (χ3n) is 1.44. The Morgan fingerprint density at radius 2 is 2.14 bits per heavy atom. The zero-order chi connectivity index (χ0) is 10.9. The van der Waals surface area contributed by atoms with Crippen molar-refractivity contribution in [1.82, 2.24) is 4.98 Å². The van der Waals surface area contributed by atoms with Gasteiger partial charge >= 0.3 is 0 Å². The van der Waals surface area contributed by atoms with E-state index in [2.05, 4.69) is 4.98 Å². The van der Waals surface area contributed by atoms with Crippen molar-refractivity contribution in [3.05, 3.63) is 26.8 Å². The summed E-state index contributed by atoms with van der Waals surface area (Å²) in [7, 11) is 0. The monoisotopic (exact) mass is 335 g/mol. The Balaban J connectivity index is 3.50. The molecule has 0 aliphatic heterocycles. The number of aromatic nitrogens is 1. The molecule has 0 aromatic carbocycles. The molecule has 0 N–H and O–H groups in total. The van der Waals surface area contributed by atoms with Gasteiger partial charge in [-0.15, -0.1) is 0 Å². The van der Waals surface area contributed by atoms with Crippen LogP contribution in [-0.4, -0.2) is 10.2 Å². The summed E-state index contributed by atoms with van der Waals surface area (Å²) >= 11 is 6.47. The average Bonchev–Trinajstić information content (AvgIpc) is 2.07. The van der Waals surface area contributed by atoms with Crippen molar-refractivity contribution in [2.45, 2.75) is 6.43 Å². The van der Waals surface area contributed by atoms with Crippen LogP contribution >= 0.6 is 34.2 Å². The predicted molar refractivity (Wildman–Crippen MR) is 52.1 cm³/mol. The molecule has 7 heteroatoms. The number of pyridine rings is 1. The summed E-state index contributed by atoms with van der Waals surface area (Å²) in [5.74, 6) is -1.14. The van der Waals surface area contributed by atoms with E-state index >= 15 is 0 Å². The van der Waals surface area contributed by atoms with Crippen LogP contribution in [0.5, 0.6) is 0 Å². The molecule has 1 aromatic heterocycles. The Kier molecular flexibility index (Phi) is 3.71. The molecule has 0 radical (unpaired) electrons. The number of carbonyl (C=O) groups excluding carboxylic acids is 1. The maximum Gasteiger partial charge on any atom is 0.267 e. The summed E-state index contributed by atoms with van der Waals surface area (Å²) < 4.78 is 37.6. The van der Waals surface area contributed by atoms with Gasteiger partial charge in [0.1, 0.15) is 3.70 Å². The Morgan fingerprint density at radius 3 is 2.50 bits per heavy atom. The van der Waals surface area contributed by atoms with Crippen molar-refractivity contribution in [2.75, 3.05) is 0 Å². The minimum atomic E-state index is -2.98. The molecule has 0 amide bonds. The number of alkyl halides is 2. The van der Waals surface area contributed by atoms with Gasteiger partial charge in [0, 0.05) is 0 Å². The molecule has 0 bridgehead atoms. The van der Waals surface area contributed by atoms with Crippen LogP contribution in [0.3, 0.4) is 0 Å². The fraction of sp³-hybridized carbons (Fsp3) is 0.143. The lowest BCUT2D eigenvalue weighted by Crippen LogP contribution is -2.06. The largest absolute Gasteiger partial charge is 0.275 e. The van der Waals surface area contributed by atoms with Gasteiger partial charge in [0.2, 0.25) is 0 Å². The highest BCUT2D eigenvalue weighted by atomic mass is 127. The lowest BCUT2D eigenvalue weighted by molar-refractivity contribution is 0.106. The predicted octanol–water partition coefficient (Wildman–Crippen LogP) is 3.14. The van der Waals surface area contributed by atoms with E-state index in [0.29, 0.717) is 6.20 Å². The lowest BCUT2D eigenvalue weighted by atomic mass is 10.1. The smallest absolute Gasteiger partial charge is 0.267 e. The third-order valence-corrected chi connectivity index (χ3v) is 2.49. The third kappa shape index (κ3) is 2.17. The molecule has 0 spiro atoms. The van der Waals surface area contributed by atoms with Crippen LogP contribution in [0, 0.1) is 9.52 Å². The highest BCUT2D eigenvalue weighted by molar-refractivity contribution is 14.1. The second-order valence-electron chi connectivity index (χ2n) is 2.26. The van der Waals surface area contributed by atoms with Gasteiger partial charge < -0.3 is 0 Å². The second kappa shape index (κ2) is 4.43. The van der Waals surface area contributed by atoms with Crippen molar-refractivity contribution in [3.63, 3.8) is 0 Å². The molecule has 0 atom stereocenters. The van der Waals surface area contributed by atoms with Gasteiger partial charge in [-0.1, -0.05) is 0 Å². The van der Waals surface area contributed by atoms with E-state index < -0.39 is 28.6 Å². The van der Waals surface area contributed by atoms with Gasteiger partial charge in [-0.25, -0.2) is 18.2 Å². The van der Waals surface area contributed by atoms with E-state index in [1.54, 1.807) is 0 Å². The van der Waals surface area contributed by atoms with Gasteiger partial charge in [0.05, 0.1) is 17.3 Å². The number of hydrogen-bond acceptors (Lipinski definition) is 2. The van der Waals surface area contributed by atoms with Crippen LogP contribution in [0.15, 0.2) is 6.20 Å². The molecule has 0 aliphatic carbocycles. The lowest BCUT2D eigenvalue weighted by Gasteiger charge is -2.07.